The maximum absolute atomic E-state index is 5.40. The van der Waals surface area contributed by atoms with E-state index in [1.165, 1.54) is 5.56 Å². The number of ether oxygens (including phenoxy) is 3. The highest BCUT2D eigenvalue weighted by Crippen LogP contribution is 2.27. The molecule has 7 heteroatoms. The minimum Gasteiger partial charge on any atom is -0.493 e. The van der Waals surface area contributed by atoms with Gasteiger partial charge in [-0.25, -0.2) is 0 Å². The minimum atomic E-state index is -0.272. The molecule has 1 rings (SSSR count). The summed E-state index contributed by atoms with van der Waals surface area (Å²) >= 11 is 0. The Morgan fingerprint density at radius 1 is 1.08 bits per heavy atom. The van der Waals surface area contributed by atoms with Crippen molar-refractivity contribution in [3.05, 3.63) is 23.8 Å². The summed E-state index contributed by atoms with van der Waals surface area (Å²) in [6.07, 6.45) is 0.860. The van der Waals surface area contributed by atoms with Crippen molar-refractivity contribution < 1.29 is 14.2 Å². The van der Waals surface area contributed by atoms with E-state index in [1.54, 1.807) is 21.3 Å². The van der Waals surface area contributed by atoms with Crippen LogP contribution in [0.2, 0.25) is 0 Å². The van der Waals surface area contributed by atoms with Crippen molar-refractivity contribution in [3.63, 3.8) is 0 Å². The first-order chi connectivity index (χ1) is 11.5. The maximum Gasteiger partial charge on any atom is 0.191 e. The highest BCUT2D eigenvalue weighted by atomic mass is 127. The molecular weight excluding hydrogens is 433 g/mol. The lowest BCUT2D eigenvalue weighted by Gasteiger charge is -2.21. The van der Waals surface area contributed by atoms with Gasteiger partial charge >= 0.3 is 0 Å². The molecular formula is C18H32IN3O3. The van der Waals surface area contributed by atoms with Gasteiger partial charge in [0.25, 0.3) is 0 Å². The predicted molar refractivity (Wildman–Crippen MR) is 114 cm³/mol. The molecule has 1 aromatic carbocycles. The molecule has 25 heavy (non-hydrogen) atoms. The second-order valence-electron chi connectivity index (χ2n) is 6.03. The maximum atomic E-state index is 5.40. The molecule has 0 radical (unpaired) electrons. The number of benzene rings is 1. The van der Waals surface area contributed by atoms with Crippen molar-refractivity contribution in [1.82, 2.24) is 10.6 Å². The van der Waals surface area contributed by atoms with Crippen molar-refractivity contribution in [2.45, 2.75) is 32.8 Å². The number of rotatable bonds is 9. The molecule has 0 aromatic heterocycles. The first-order valence-corrected chi connectivity index (χ1v) is 8.24. The van der Waals surface area contributed by atoms with Gasteiger partial charge in [0.05, 0.1) is 26.4 Å². The van der Waals surface area contributed by atoms with E-state index in [1.807, 2.05) is 39.0 Å². The van der Waals surface area contributed by atoms with Gasteiger partial charge in [0.1, 0.15) is 0 Å². The van der Waals surface area contributed by atoms with Crippen molar-refractivity contribution >= 4 is 29.9 Å². The van der Waals surface area contributed by atoms with Crippen LogP contribution < -0.4 is 20.1 Å². The number of nitrogens with one attached hydrogen (secondary N) is 2. The molecule has 6 nitrogen and oxygen atoms in total. The predicted octanol–water partition coefficient (Wildman–Crippen LogP) is 2.84. The Balaban J connectivity index is 0.00000576. The van der Waals surface area contributed by atoms with Crippen LogP contribution in [-0.4, -0.2) is 52.5 Å². The van der Waals surface area contributed by atoms with E-state index in [0.717, 1.165) is 37.0 Å². The number of nitrogens with zero attached hydrogens (tertiary/aromatic N) is 1. The average Bonchev–Trinajstić information content (AvgIpc) is 2.59. The lowest BCUT2D eigenvalue weighted by atomic mass is 10.1. The zero-order valence-electron chi connectivity index (χ0n) is 16.1. The standard InChI is InChI=1S/C18H31N3O3.HI/c1-7-19-17(21-13-18(2,3)24-6)20-11-10-14-8-9-15(22-4)16(12-14)23-5;/h8-9,12H,7,10-11,13H2,1-6H3,(H2,19,20,21);1H. The summed E-state index contributed by atoms with van der Waals surface area (Å²) in [4.78, 5) is 4.57. The summed E-state index contributed by atoms with van der Waals surface area (Å²) < 4.78 is 16.0. The molecule has 0 fully saturated rings. The first kappa shape index (κ1) is 23.8. The van der Waals surface area contributed by atoms with E-state index < -0.39 is 0 Å². The molecule has 0 aliphatic heterocycles. The Hall–Kier alpha value is -1.22. The van der Waals surface area contributed by atoms with Crippen LogP contribution in [0.4, 0.5) is 0 Å². The molecule has 0 spiro atoms. The van der Waals surface area contributed by atoms with Crippen LogP contribution in [-0.2, 0) is 11.2 Å². The largest absolute Gasteiger partial charge is 0.493 e. The summed E-state index contributed by atoms with van der Waals surface area (Å²) in [5.41, 5.74) is 0.902. The molecule has 144 valence electrons. The third-order valence-corrected chi connectivity index (χ3v) is 3.67. The molecule has 0 amide bonds. The number of guanidine groups is 1. The normalized spacial score (nSPS) is 11.5. The van der Waals surface area contributed by atoms with E-state index in [4.69, 9.17) is 14.2 Å². The van der Waals surface area contributed by atoms with Gasteiger partial charge < -0.3 is 24.8 Å². The van der Waals surface area contributed by atoms with Gasteiger partial charge in [0.2, 0.25) is 0 Å². The first-order valence-electron chi connectivity index (χ1n) is 8.24. The van der Waals surface area contributed by atoms with Gasteiger partial charge in [-0.05, 0) is 44.9 Å². The van der Waals surface area contributed by atoms with Gasteiger partial charge in [-0.1, -0.05) is 6.07 Å². The van der Waals surface area contributed by atoms with Crippen LogP contribution in [0.3, 0.4) is 0 Å². The number of methoxy groups -OCH3 is 3. The van der Waals surface area contributed by atoms with E-state index in [0.29, 0.717) is 6.54 Å². The van der Waals surface area contributed by atoms with Gasteiger partial charge in [0.15, 0.2) is 17.5 Å². The van der Waals surface area contributed by atoms with Crippen molar-refractivity contribution in [3.8, 4) is 11.5 Å². The highest BCUT2D eigenvalue weighted by molar-refractivity contribution is 14.0. The summed E-state index contributed by atoms with van der Waals surface area (Å²) in [5, 5.41) is 6.59. The zero-order valence-corrected chi connectivity index (χ0v) is 18.5. The summed E-state index contributed by atoms with van der Waals surface area (Å²) in [5.74, 6) is 2.28. The van der Waals surface area contributed by atoms with Crippen LogP contribution >= 0.6 is 24.0 Å². The topological polar surface area (TPSA) is 64.1 Å². The molecule has 0 saturated carbocycles. The van der Waals surface area contributed by atoms with Crippen LogP contribution in [0.1, 0.15) is 26.3 Å². The van der Waals surface area contributed by atoms with Crippen molar-refractivity contribution in [2.75, 3.05) is 41.0 Å². The Bertz CT molecular complexity index is 536. The van der Waals surface area contributed by atoms with Crippen LogP contribution in [0.5, 0.6) is 11.5 Å². The quantitative estimate of drug-likeness (QED) is 0.334. The lowest BCUT2D eigenvalue weighted by molar-refractivity contribution is 0.0310. The van der Waals surface area contributed by atoms with Crippen molar-refractivity contribution in [2.24, 2.45) is 4.99 Å². The average molecular weight is 465 g/mol. The Labute approximate surface area is 168 Å². The number of hydrogen-bond donors (Lipinski definition) is 2. The van der Waals surface area contributed by atoms with Gasteiger partial charge in [0, 0.05) is 20.2 Å². The van der Waals surface area contributed by atoms with Gasteiger partial charge in [-0.2, -0.15) is 0 Å². The van der Waals surface area contributed by atoms with E-state index in [-0.39, 0.29) is 29.6 Å². The Kier molecular flexibility index (Phi) is 11.6. The van der Waals surface area contributed by atoms with E-state index in [2.05, 4.69) is 15.6 Å². The number of halogens is 1. The molecule has 0 aliphatic rings. The summed E-state index contributed by atoms with van der Waals surface area (Å²) in [7, 11) is 4.99. The fraction of sp³-hybridized carbons (Fsp3) is 0.611. The van der Waals surface area contributed by atoms with Crippen LogP contribution in [0.15, 0.2) is 23.2 Å². The SMILES string of the molecule is CCNC(=NCC(C)(C)OC)NCCc1ccc(OC)c(OC)c1.I. The van der Waals surface area contributed by atoms with Crippen LogP contribution in [0, 0.1) is 0 Å². The minimum absolute atomic E-state index is 0. The third-order valence-electron chi connectivity index (χ3n) is 3.67. The molecule has 0 heterocycles. The highest BCUT2D eigenvalue weighted by Gasteiger charge is 2.15. The summed E-state index contributed by atoms with van der Waals surface area (Å²) in [6.45, 7) is 8.26. The fourth-order valence-electron chi connectivity index (χ4n) is 2.04. The third kappa shape index (κ3) is 8.62. The molecule has 0 bridgehead atoms. The molecule has 0 aliphatic carbocycles. The Morgan fingerprint density at radius 2 is 1.76 bits per heavy atom. The molecule has 0 unspecified atom stereocenters. The Morgan fingerprint density at radius 3 is 2.32 bits per heavy atom. The molecule has 0 atom stereocenters. The second-order valence-corrected chi connectivity index (χ2v) is 6.03. The monoisotopic (exact) mass is 465 g/mol. The number of aliphatic imine (C=N–C) groups is 1. The van der Waals surface area contributed by atoms with E-state index >= 15 is 0 Å². The lowest BCUT2D eigenvalue weighted by Crippen LogP contribution is -2.40. The number of hydrogen-bond acceptors (Lipinski definition) is 4. The van der Waals surface area contributed by atoms with Crippen LogP contribution in [0.25, 0.3) is 0 Å². The fourth-order valence-corrected chi connectivity index (χ4v) is 2.04. The van der Waals surface area contributed by atoms with Gasteiger partial charge in [-0.3, -0.25) is 4.99 Å². The summed E-state index contributed by atoms with van der Waals surface area (Å²) in [6, 6.07) is 5.97. The second kappa shape index (κ2) is 12.2. The smallest absolute Gasteiger partial charge is 0.191 e. The zero-order chi connectivity index (χ0) is 18.0. The molecule has 1 aromatic rings. The van der Waals surface area contributed by atoms with Crippen molar-refractivity contribution in [1.29, 1.82) is 0 Å². The van der Waals surface area contributed by atoms with E-state index in [9.17, 15) is 0 Å². The molecule has 0 saturated heterocycles. The van der Waals surface area contributed by atoms with Gasteiger partial charge in [-0.15, -0.1) is 24.0 Å². The molecule has 2 N–H and O–H groups in total.